The predicted octanol–water partition coefficient (Wildman–Crippen LogP) is 1.53. The van der Waals surface area contributed by atoms with Crippen molar-refractivity contribution in [3.63, 3.8) is 0 Å². The van der Waals surface area contributed by atoms with Crippen molar-refractivity contribution in [3.8, 4) is 0 Å². The molecule has 1 amide bonds. The monoisotopic (exact) mass is 310 g/mol. The van der Waals surface area contributed by atoms with E-state index in [9.17, 15) is 17.6 Å². The molecule has 3 rings (SSSR count). The molecule has 0 bridgehead atoms. The average Bonchev–Trinajstić information content (AvgIpc) is 2.87. The van der Waals surface area contributed by atoms with E-state index in [2.05, 4.69) is 10.3 Å². The van der Waals surface area contributed by atoms with E-state index in [1.807, 2.05) is 0 Å². The van der Waals surface area contributed by atoms with Crippen LogP contribution in [-0.2, 0) is 9.84 Å². The number of carbonyl (C=O) groups is 1. The normalized spacial score (nSPS) is 20.8. The molecule has 7 heteroatoms. The summed E-state index contributed by atoms with van der Waals surface area (Å²) in [5, 5.41) is 3.38. The summed E-state index contributed by atoms with van der Waals surface area (Å²) in [6.45, 7) is 1.73. The molecule has 2 heterocycles. The van der Waals surface area contributed by atoms with Crippen molar-refractivity contribution in [2.24, 2.45) is 0 Å². The van der Waals surface area contributed by atoms with Crippen LogP contribution in [-0.4, -0.2) is 36.9 Å². The first-order valence-electron chi connectivity index (χ1n) is 6.65. The van der Waals surface area contributed by atoms with E-state index < -0.39 is 9.84 Å². The molecular formula is C14H15FN2O3S. The lowest BCUT2D eigenvalue weighted by Gasteiger charge is -2.10. The van der Waals surface area contributed by atoms with Gasteiger partial charge in [0, 0.05) is 22.6 Å². The van der Waals surface area contributed by atoms with Crippen molar-refractivity contribution in [3.05, 3.63) is 35.3 Å². The van der Waals surface area contributed by atoms with Gasteiger partial charge in [-0.3, -0.25) is 4.79 Å². The van der Waals surface area contributed by atoms with E-state index in [1.165, 1.54) is 12.1 Å². The maximum atomic E-state index is 13.2. The number of aromatic amines is 1. The van der Waals surface area contributed by atoms with E-state index in [1.54, 1.807) is 13.0 Å². The Morgan fingerprint density at radius 3 is 2.86 bits per heavy atom. The van der Waals surface area contributed by atoms with Crippen LogP contribution in [0.2, 0.25) is 0 Å². The summed E-state index contributed by atoms with van der Waals surface area (Å²) < 4.78 is 36.1. The van der Waals surface area contributed by atoms with Crippen LogP contribution in [0.3, 0.4) is 0 Å². The van der Waals surface area contributed by atoms with Crippen LogP contribution in [0, 0.1) is 12.7 Å². The number of hydrogen-bond donors (Lipinski definition) is 2. The van der Waals surface area contributed by atoms with Gasteiger partial charge in [-0.2, -0.15) is 0 Å². The van der Waals surface area contributed by atoms with Crippen molar-refractivity contribution < 1.29 is 17.6 Å². The second-order valence-electron chi connectivity index (χ2n) is 5.39. The Bertz CT molecular complexity index is 826. The zero-order valence-electron chi connectivity index (χ0n) is 11.4. The first-order chi connectivity index (χ1) is 9.85. The zero-order valence-corrected chi connectivity index (χ0v) is 12.3. The fraction of sp³-hybridized carbons (Fsp3) is 0.357. The molecule has 1 unspecified atom stereocenters. The number of H-pyrrole nitrogens is 1. The number of nitrogens with one attached hydrogen (secondary N) is 2. The van der Waals surface area contributed by atoms with Crippen LogP contribution in [0.15, 0.2) is 18.2 Å². The minimum absolute atomic E-state index is 0.0191. The van der Waals surface area contributed by atoms with Crippen LogP contribution in [0.1, 0.15) is 22.5 Å². The van der Waals surface area contributed by atoms with Crippen LogP contribution >= 0.6 is 0 Å². The van der Waals surface area contributed by atoms with Crippen molar-refractivity contribution in [1.29, 1.82) is 0 Å². The zero-order chi connectivity index (χ0) is 15.2. The topological polar surface area (TPSA) is 79.0 Å². The van der Waals surface area contributed by atoms with Gasteiger partial charge in [0.25, 0.3) is 5.91 Å². The molecule has 1 fully saturated rings. The highest BCUT2D eigenvalue weighted by Crippen LogP contribution is 2.23. The summed E-state index contributed by atoms with van der Waals surface area (Å²) in [6.07, 6.45) is 0.435. The quantitative estimate of drug-likeness (QED) is 0.883. The molecule has 2 N–H and O–H groups in total. The number of rotatable bonds is 2. The summed E-state index contributed by atoms with van der Waals surface area (Å²) in [4.78, 5) is 15.3. The number of aromatic nitrogens is 1. The van der Waals surface area contributed by atoms with Gasteiger partial charge in [-0.25, -0.2) is 12.8 Å². The predicted molar refractivity (Wildman–Crippen MR) is 77.5 cm³/mol. The maximum Gasteiger partial charge on any atom is 0.253 e. The molecule has 1 aromatic heterocycles. The third-order valence-corrected chi connectivity index (χ3v) is 5.51. The van der Waals surface area contributed by atoms with Gasteiger partial charge in [0.05, 0.1) is 17.1 Å². The van der Waals surface area contributed by atoms with Gasteiger partial charge >= 0.3 is 0 Å². The standard InChI is InChI=1S/C14H15FN2O3S/c1-8-13(11-3-2-9(15)6-12(11)16-8)14(18)17-10-4-5-21(19,20)7-10/h2-3,6,10,16H,4-5,7H2,1H3,(H,17,18). The number of halogens is 1. The third kappa shape index (κ3) is 2.65. The maximum absolute atomic E-state index is 13.2. The Balaban J connectivity index is 1.90. The second kappa shape index (κ2) is 4.84. The molecule has 1 aliphatic rings. The molecule has 5 nitrogen and oxygen atoms in total. The molecule has 1 saturated heterocycles. The van der Waals surface area contributed by atoms with Crippen molar-refractivity contribution in [2.75, 3.05) is 11.5 Å². The number of hydrogen-bond acceptors (Lipinski definition) is 3. The van der Waals surface area contributed by atoms with Gasteiger partial charge in [-0.05, 0) is 31.5 Å². The molecule has 1 atom stereocenters. The van der Waals surface area contributed by atoms with Crippen molar-refractivity contribution in [2.45, 2.75) is 19.4 Å². The largest absolute Gasteiger partial charge is 0.358 e. The Labute approximate surface area is 121 Å². The Morgan fingerprint density at radius 1 is 1.43 bits per heavy atom. The lowest BCUT2D eigenvalue weighted by Crippen LogP contribution is -2.35. The minimum Gasteiger partial charge on any atom is -0.358 e. The SMILES string of the molecule is Cc1[nH]c2cc(F)ccc2c1C(=O)NC1CCS(=O)(=O)C1. The van der Waals surface area contributed by atoms with Crippen LogP contribution in [0.5, 0.6) is 0 Å². The molecule has 1 aliphatic heterocycles. The van der Waals surface area contributed by atoms with Crippen molar-refractivity contribution >= 4 is 26.6 Å². The van der Waals surface area contributed by atoms with Crippen molar-refractivity contribution in [1.82, 2.24) is 10.3 Å². The summed E-state index contributed by atoms with van der Waals surface area (Å²) in [5.74, 6) is -0.616. The molecule has 21 heavy (non-hydrogen) atoms. The number of sulfone groups is 1. The molecule has 0 radical (unpaired) electrons. The van der Waals surface area contributed by atoms with E-state index in [-0.39, 0.29) is 29.3 Å². The minimum atomic E-state index is -3.04. The van der Waals surface area contributed by atoms with Gasteiger partial charge in [0.2, 0.25) is 0 Å². The molecule has 0 spiro atoms. The van der Waals surface area contributed by atoms with Crippen LogP contribution < -0.4 is 5.32 Å². The highest BCUT2D eigenvalue weighted by molar-refractivity contribution is 7.91. The highest BCUT2D eigenvalue weighted by Gasteiger charge is 2.30. The number of carbonyl (C=O) groups excluding carboxylic acids is 1. The lowest BCUT2D eigenvalue weighted by atomic mass is 10.1. The van der Waals surface area contributed by atoms with E-state index in [0.717, 1.165) is 0 Å². The first-order valence-corrected chi connectivity index (χ1v) is 8.47. The van der Waals surface area contributed by atoms with Crippen LogP contribution in [0.4, 0.5) is 4.39 Å². The smallest absolute Gasteiger partial charge is 0.253 e. The number of benzene rings is 1. The lowest BCUT2D eigenvalue weighted by molar-refractivity contribution is 0.0942. The van der Waals surface area contributed by atoms with E-state index >= 15 is 0 Å². The molecule has 112 valence electrons. The molecule has 1 aromatic carbocycles. The fourth-order valence-corrected chi connectivity index (χ4v) is 4.44. The first kappa shape index (κ1) is 14.1. The molecular weight excluding hydrogens is 295 g/mol. The summed E-state index contributed by atoms with van der Waals surface area (Å²) >= 11 is 0. The highest BCUT2D eigenvalue weighted by atomic mass is 32.2. The second-order valence-corrected chi connectivity index (χ2v) is 7.62. The Hall–Kier alpha value is -1.89. The van der Waals surface area contributed by atoms with Gasteiger partial charge in [0.15, 0.2) is 9.84 Å². The summed E-state index contributed by atoms with van der Waals surface area (Å²) in [5.41, 5.74) is 1.62. The molecule has 0 aliphatic carbocycles. The molecule has 2 aromatic rings. The number of fused-ring (bicyclic) bond motifs is 1. The average molecular weight is 310 g/mol. The van der Waals surface area contributed by atoms with Gasteiger partial charge in [0.1, 0.15) is 5.82 Å². The van der Waals surface area contributed by atoms with E-state index in [0.29, 0.717) is 28.6 Å². The van der Waals surface area contributed by atoms with E-state index in [4.69, 9.17) is 0 Å². The van der Waals surface area contributed by atoms with Gasteiger partial charge in [-0.15, -0.1) is 0 Å². The number of amides is 1. The summed E-state index contributed by atoms with van der Waals surface area (Å²) in [7, 11) is -3.04. The fourth-order valence-electron chi connectivity index (χ4n) is 2.76. The summed E-state index contributed by atoms with van der Waals surface area (Å²) in [6, 6.07) is 3.83. The van der Waals surface area contributed by atoms with Gasteiger partial charge < -0.3 is 10.3 Å². The molecule has 0 saturated carbocycles. The van der Waals surface area contributed by atoms with Gasteiger partial charge in [-0.1, -0.05) is 0 Å². The Kier molecular flexibility index (Phi) is 3.24. The van der Waals surface area contributed by atoms with Crippen LogP contribution in [0.25, 0.3) is 10.9 Å². The third-order valence-electron chi connectivity index (χ3n) is 3.74. The Morgan fingerprint density at radius 2 is 2.19 bits per heavy atom. The number of aryl methyl sites for hydroxylation is 1.